The maximum absolute atomic E-state index is 10.8. The highest BCUT2D eigenvalue weighted by Crippen LogP contribution is 2.27. The third-order valence-electron chi connectivity index (χ3n) is 1.74. The highest BCUT2D eigenvalue weighted by Gasteiger charge is 2.02. The fraction of sp³-hybridized carbons (Fsp3) is 0.333. The molecule has 1 aromatic carbocycles. The molecule has 5 heteroatoms. The van der Waals surface area contributed by atoms with Crippen molar-refractivity contribution in [3.8, 4) is 0 Å². The normalized spacial score (nSPS) is 12.4. The number of halogens is 1. The van der Waals surface area contributed by atoms with Crippen LogP contribution in [-0.2, 0) is 10.8 Å². The second kappa shape index (κ2) is 5.22. The highest BCUT2D eigenvalue weighted by atomic mass is 35.5. The number of benzene rings is 1. The third-order valence-corrected chi connectivity index (χ3v) is 2.83. The van der Waals surface area contributed by atoms with Gasteiger partial charge in [-0.3, -0.25) is 4.21 Å². The Morgan fingerprint density at radius 3 is 2.86 bits per heavy atom. The van der Waals surface area contributed by atoms with E-state index in [2.05, 4.69) is 5.32 Å². The summed E-state index contributed by atoms with van der Waals surface area (Å²) in [6.07, 6.45) is 1.66. The van der Waals surface area contributed by atoms with E-state index in [1.165, 1.54) is 0 Å². The smallest absolute Gasteiger partial charge is 0.0763 e. The predicted molar refractivity (Wildman–Crippen MR) is 63.3 cm³/mol. The van der Waals surface area contributed by atoms with E-state index in [-0.39, 0.29) is 0 Å². The number of hydrogen-bond acceptors (Lipinski definition) is 3. The van der Waals surface area contributed by atoms with Crippen LogP contribution in [0.2, 0.25) is 5.02 Å². The molecular formula is C9H13ClN2OS. The van der Waals surface area contributed by atoms with Gasteiger partial charge >= 0.3 is 0 Å². The van der Waals surface area contributed by atoms with Crippen molar-refractivity contribution in [1.82, 2.24) is 0 Å². The first-order chi connectivity index (χ1) is 6.61. The fourth-order valence-electron chi connectivity index (χ4n) is 1.05. The van der Waals surface area contributed by atoms with E-state index in [0.29, 0.717) is 23.0 Å². The summed E-state index contributed by atoms with van der Waals surface area (Å²) >= 11 is 5.93. The van der Waals surface area contributed by atoms with Crippen molar-refractivity contribution in [3.63, 3.8) is 0 Å². The Balaban J connectivity index is 2.62. The van der Waals surface area contributed by atoms with E-state index in [4.69, 9.17) is 17.3 Å². The van der Waals surface area contributed by atoms with Gasteiger partial charge in [0.25, 0.3) is 0 Å². The minimum Gasteiger partial charge on any atom is -0.397 e. The number of nitrogen functional groups attached to an aromatic ring is 1. The summed E-state index contributed by atoms with van der Waals surface area (Å²) in [5, 5.41) is 3.65. The average Bonchev–Trinajstić information content (AvgIpc) is 2.09. The maximum atomic E-state index is 10.8. The Morgan fingerprint density at radius 1 is 1.57 bits per heavy atom. The monoisotopic (exact) mass is 232 g/mol. The first-order valence-corrected chi connectivity index (χ1v) is 6.29. The zero-order valence-electron chi connectivity index (χ0n) is 7.92. The molecule has 14 heavy (non-hydrogen) atoms. The predicted octanol–water partition coefficient (Wildman–Crippen LogP) is 1.71. The van der Waals surface area contributed by atoms with Crippen LogP contribution in [-0.4, -0.2) is 22.8 Å². The van der Waals surface area contributed by atoms with Crippen LogP contribution < -0.4 is 11.1 Å². The third kappa shape index (κ3) is 3.20. The Hall–Kier alpha value is -0.740. The molecule has 0 fully saturated rings. The van der Waals surface area contributed by atoms with Crippen molar-refractivity contribution in [1.29, 1.82) is 0 Å². The Labute approximate surface area is 91.1 Å². The van der Waals surface area contributed by atoms with Crippen molar-refractivity contribution in [3.05, 3.63) is 23.2 Å². The largest absolute Gasteiger partial charge is 0.397 e. The van der Waals surface area contributed by atoms with Gasteiger partial charge in [-0.15, -0.1) is 0 Å². The number of nitrogens with two attached hydrogens (primary N) is 1. The highest BCUT2D eigenvalue weighted by molar-refractivity contribution is 7.84. The zero-order valence-corrected chi connectivity index (χ0v) is 9.49. The molecule has 1 rings (SSSR count). The Kier molecular flexibility index (Phi) is 4.22. The lowest BCUT2D eigenvalue weighted by Crippen LogP contribution is -2.11. The molecule has 3 nitrogen and oxygen atoms in total. The van der Waals surface area contributed by atoms with Crippen LogP contribution in [0, 0.1) is 0 Å². The SMILES string of the molecule is CS(=O)CCNc1c(N)cccc1Cl. The molecule has 0 aliphatic heterocycles. The number of rotatable bonds is 4. The van der Waals surface area contributed by atoms with E-state index >= 15 is 0 Å². The molecule has 1 atom stereocenters. The van der Waals surface area contributed by atoms with Gasteiger partial charge in [-0.1, -0.05) is 17.7 Å². The minimum atomic E-state index is -0.799. The van der Waals surface area contributed by atoms with E-state index in [0.717, 1.165) is 5.69 Å². The van der Waals surface area contributed by atoms with Gasteiger partial charge in [0, 0.05) is 29.4 Å². The summed E-state index contributed by atoms with van der Waals surface area (Å²) in [5.41, 5.74) is 7.05. The second-order valence-corrected chi connectivity index (χ2v) is 4.87. The maximum Gasteiger partial charge on any atom is 0.0763 e. The summed E-state index contributed by atoms with van der Waals surface area (Å²) < 4.78 is 10.8. The number of anilines is 2. The number of nitrogens with one attached hydrogen (secondary N) is 1. The van der Waals surface area contributed by atoms with E-state index < -0.39 is 10.8 Å². The molecule has 3 N–H and O–H groups in total. The Bertz CT molecular complexity index is 323. The van der Waals surface area contributed by atoms with Gasteiger partial charge in [0.1, 0.15) is 0 Å². The van der Waals surface area contributed by atoms with Crippen LogP contribution in [0.25, 0.3) is 0 Å². The van der Waals surface area contributed by atoms with Gasteiger partial charge in [-0.25, -0.2) is 0 Å². The molecule has 0 aliphatic carbocycles. The standard InChI is InChI=1S/C9H13ClN2OS/c1-14(13)6-5-12-9-7(10)3-2-4-8(9)11/h2-4,12H,5-6,11H2,1H3. The van der Waals surface area contributed by atoms with Crippen molar-refractivity contribution >= 4 is 33.8 Å². The fourth-order valence-corrected chi connectivity index (χ4v) is 1.69. The zero-order chi connectivity index (χ0) is 10.6. The summed E-state index contributed by atoms with van der Waals surface area (Å²) in [5.74, 6) is 0.588. The molecule has 1 unspecified atom stereocenters. The molecule has 0 saturated carbocycles. The summed E-state index contributed by atoms with van der Waals surface area (Å²) in [6.45, 7) is 0.608. The van der Waals surface area contributed by atoms with Crippen molar-refractivity contribution in [2.24, 2.45) is 0 Å². The first-order valence-electron chi connectivity index (χ1n) is 4.19. The molecule has 78 valence electrons. The number of hydrogen-bond donors (Lipinski definition) is 2. The molecular weight excluding hydrogens is 220 g/mol. The Morgan fingerprint density at radius 2 is 2.29 bits per heavy atom. The quantitative estimate of drug-likeness (QED) is 0.778. The lowest BCUT2D eigenvalue weighted by Gasteiger charge is -2.09. The molecule has 0 radical (unpaired) electrons. The molecule has 0 spiro atoms. The van der Waals surface area contributed by atoms with Gasteiger partial charge in [-0.05, 0) is 12.1 Å². The van der Waals surface area contributed by atoms with Gasteiger partial charge in [0.2, 0.25) is 0 Å². The van der Waals surface area contributed by atoms with Gasteiger partial charge in [0.15, 0.2) is 0 Å². The summed E-state index contributed by atoms with van der Waals surface area (Å²) in [4.78, 5) is 0. The molecule has 1 aromatic rings. The summed E-state index contributed by atoms with van der Waals surface area (Å²) in [6, 6.07) is 5.33. The average molecular weight is 233 g/mol. The first kappa shape index (κ1) is 11.3. The van der Waals surface area contributed by atoms with E-state index in [9.17, 15) is 4.21 Å². The van der Waals surface area contributed by atoms with Crippen LogP contribution in [0.5, 0.6) is 0 Å². The second-order valence-electron chi connectivity index (χ2n) is 2.91. The lowest BCUT2D eigenvalue weighted by atomic mass is 10.2. The van der Waals surface area contributed by atoms with Crippen LogP contribution in [0.3, 0.4) is 0 Å². The van der Waals surface area contributed by atoms with Crippen LogP contribution >= 0.6 is 11.6 Å². The molecule has 0 amide bonds. The lowest BCUT2D eigenvalue weighted by molar-refractivity contribution is 0.687. The van der Waals surface area contributed by atoms with Crippen molar-refractivity contribution in [2.45, 2.75) is 0 Å². The molecule has 0 aliphatic rings. The molecule has 0 bridgehead atoms. The van der Waals surface area contributed by atoms with E-state index in [1.807, 2.05) is 0 Å². The molecule has 0 saturated heterocycles. The van der Waals surface area contributed by atoms with Crippen molar-refractivity contribution in [2.75, 3.05) is 29.6 Å². The van der Waals surface area contributed by atoms with Crippen molar-refractivity contribution < 1.29 is 4.21 Å². The number of para-hydroxylation sites is 1. The van der Waals surface area contributed by atoms with Gasteiger partial charge in [-0.2, -0.15) is 0 Å². The van der Waals surface area contributed by atoms with Crippen LogP contribution in [0.1, 0.15) is 0 Å². The van der Waals surface area contributed by atoms with E-state index in [1.54, 1.807) is 24.5 Å². The molecule has 0 heterocycles. The van der Waals surface area contributed by atoms with Crippen LogP contribution in [0.15, 0.2) is 18.2 Å². The van der Waals surface area contributed by atoms with Gasteiger partial charge < -0.3 is 11.1 Å². The minimum absolute atomic E-state index is 0.588. The van der Waals surface area contributed by atoms with Crippen LogP contribution in [0.4, 0.5) is 11.4 Å². The molecule has 0 aromatic heterocycles. The summed E-state index contributed by atoms with van der Waals surface area (Å²) in [7, 11) is -0.799. The van der Waals surface area contributed by atoms with Gasteiger partial charge in [0.05, 0.1) is 16.4 Å². The topological polar surface area (TPSA) is 55.1 Å².